The number of ether oxygens (including phenoxy) is 2. The smallest absolute Gasteiger partial charge is 0.335 e. The molecule has 1 heterocycles. The van der Waals surface area contributed by atoms with Gasteiger partial charge in [-0.1, -0.05) is 63.4 Å². The van der Waals surface area contributed by atoms with E-state index in [4.69, 9.17) is 21.1 Å². The molecule has 0 saturated carbocycles. The molecule has 1 aliphatic heterocycles. The van der Waals surface area contributed by atoms with E-state index in [1.54, 1.807) is 36.4 Å². The summed E-state index contributed by atoms with van der Waals surface area (Å²) in [7, 11) is 0. The number of barbiturate groups is 1. The van der Waals surface area contributed by atoms with Crippen LogP contribution >= 0.6 is 27.5 Å². The van der Waals surface area contributed by atoms with Crippen LogP contribution in [-0.2, 0) is 16.2 Å². The minimum Gasteiger partial charge on any atom is -0.490 e. The molecule has 1 fully saturated rings. The number of benzene rings is 3. The Balaban J connectivity index is 1.66. The molecule has 0 unspecified atom stereocenters. The maximum Gasteiger partial charge on any atom is 0.335 e. The third kappa shape index (κ3) is 5.45. The van der Waals surface area contributed by atoms with Gasteiger partial charge in [-0.15, -0.1) is 0 Å². The Bertz CT molecular complexity index is 1370. The fourth-order valence-corrected chi connectivity index (χ4v) is 4.27. The number of nitrogens with zero attached hydrogens (tertiary/aromatic N) is 1. The van der Waals surface area contributed by atoms with Crippen molar-refractivity contribution < 1.29 is 23.9 Å². The Morgan fingerprint density at radius 1 is 1.03 bits per heavy atom. The Kier molecular flexibility index (Phi) is 7.76. The van der Waals surface area contributed by atoms with Crippen molar-refractivity contribution in [2.24, 2.45) is 0 Å². The van der Waals surface area contributed by atoms with Gasteiger partial charge in [0.2, 0.25) is 0 Å². The van der Waals surface area contributed by atoms with E-state index in [1.807, 2.05) is 38.1 Å². The van der Waals surface area contributed by atoms with Crippen LogP contribution in [0.1, 0.15) is 23.6 Å². The molecule has 0 atom stereocenters. The predicted molar refractivity (Wildman–Crippen MR) is 141 cm³/mol. The summed E-state index contributed by atoms with van der Waals surface area (Å²) in [5.41, 5.74) is 2.47. The molecule has 4 rings (SSSR count). The molecule has 0 aromatic heterocycles. The Labute approximate surface area is 221 Å². The first-order valence-corrected chi connectivity index (χ1v) is 12.3. The van der Waals surface area contributed by atoms with E-state index < -0.39 is 17.8 Å². The molecule has 1 aliphatic rings. The first kappa shape index (κ1) is 25.5. The summed E-state index contributed by atoms with van der Waals surface area (Å²) < 4.78 is 12.6. The highest BCUT2D eigenvalue weighted by Crippen LogP contribution is 2.38. The lowest BCUT2D eigenvalue weighted by molar-refractivity contribution is -0.122. The molecule has 0 spiro atoms. The SMILES string of the molecule is CCOc1cc(/C=C2\C(=O)NC(=O)N(c3ccc(C)cc3)C2=O)cc(Cl)c1OCc1ccccc1Br. The van der Waals surface area contributed by atoms with Crippen LogP contribution < -0.4 is 19.7 Å². The zero-order chi connectivity index (χ0) is 25.8. The summed E-state index contributed by atoms with van der Waals surface area (Å²) in [5.74, 6) is -0.834. The van der Waals surface area contributed by atoms with Gasteiger partial charge in [-0.05, 0) is 55.8 Å². The van der Waals surface area contributed by atoms with Crippen LogP contribution in [0, 0.1) is 6.92 Å². The maximum atomic E-state index is 13.2. The standard InChI is InChI=1S/C27H22BrClN2O5/c1-3-35-23-14-17(13-22(29)24(23)36-15-18-6-4-5-7-21(18)28)12-20-25(32)30-27(34)31(26(20)33)19-10-8-16(2)9-11-19/h4-14H,3,15H2,1-2H3,(H,30,32,34)/b20-12+. The summed E-state index contributed by atoms with van der Waals surface area (Å²) in [4.78, 5) is 39.1. The summed E-state index contributed by atoms with van der Waals surface area (Å²) in [5, 5.41) is 2.46. The highest BCUT2D eigenvalue weighted by Gasteiger charge is 2.36. The largest absolute Gasteiger partial charge is 0.490 e. The van der Waals surface area contributed by atoms with Gasteiger partial charge in [-0.25, -0.2) is 9.69 Å². The number of hydrogen-bond acceptors (Lipinski definition) is 5. The predicted octanol–water partition coefficient (Wildman–Crippen LogP) is 6.06. The minimum atomic E-state index is -0.810. The van der Waals surface area contributed by atoms with E-state index in [0.717, 1.165) is 20.5 Å². The van der Waals surface area contributed by atoms with E-state index in [1.165, 1.54) is 6.08 Å². The van der Waals surface area contributed by atoms with Gasteiger partial charge in [0, 0.05) is 10.0 Å². The fourth-order valence-electron chi connectivity index (χ4n) is 3.59. The summed E-state index contributed by atoms with van der Waals surface area (Å²) in [6.07, 6.45) is 1.37. The monoisotopic (exact) mass is 568 g/mol. The molecule has 7 nitrogen and oxygen atoms in total. The second-order valence-corrected chi connectivity index (χ2v) is 9.20. The van der Waals surface area contributed by atoms with E-state index in [0.29, 0.717) is 29.4 Å². The molecular weight excluding hydrogens is 548 g/mol. The molecule has 0 radical (unpaired) electrons. The molecule has 1 N–H and O–H groups in total. The van der Waals surface area contributed by atoms with Crippen LogP contribution in [0.25, 0.3) is 6.08 Å². The van der Waals surface area contributed by atoms with Crippen LogP contribution in [0.5, 0.6) is 11.5 Å². The first-order valence-electron chi connectivity index (χ1n) is 11.1. The lowest BCUT2D eigenvalue weighted by Crippen LogP contribution is -2.54. The van der Waals surface area contributed by atoms with Crippen LogP contribution in [0.15, 0.2) is 70.7 Å². The van der Waals surface area contributed by atoms with Crippen molar-refractivity contribution in [3.05, 3.63) is 92.4 Å². The molecule has 0 bridgehead atoms. The Hall–Kier alpha value is -3.62. The minimum absolute atomic E-state index is 0.212. The number of imide groups is 2. The Morgan fingerprint density at radius 2 is 1.75 bits per heavy atom. The Morgan fingerprint density at radius 3 is 2.44 bits per heavy atom. The van der Waals surface area contributed by atoms with Crippen molar-refractivity contribution in [3.63, 3.8) is 0 Å². The van der Waals surface area contributed by atoms with Crippen LogP contribution in [0.3, 0.4) is 0 Å². The molecule has 9 heteroatoms. The van der Waals surface area contributed by atoms with Crippen molar-refractivity contribution in [2.75, 3.05) is 11.5 Å². The number of nitrogens with one attached hydrogen (secondary N) is 1. The van der Waals surface area contributed by atoms with Gasteiger partial charge in [0.15, 0.2) is 11.5 Å². The molecule has 184 valence electrons. The van der Waals surface area contributed by atoms with Gasteiger partial charge in [-0.3, -0.25) is 14.9 Å². The van der Waals surface area contributed by atoms with Gasteiger partial charge in [0.05, 0.1) is 17.3 Å². The van der Waals surface area contributed by atoms with Crippen molar-refractivity contribution in [3.8, 4) is 11.5 Å². The van der Waals surface area contributed by atoms with Gasteiger partial charge in [0.1, 0.15) is 12.2 Å². The van der Waals surface area contributed by atoms with Crippen molar-refractivity contribution in [2.45, 2.75) is 20.5 Å². The number of anilines is 1. The second kappa shape index (κ2) is 11.0. The second-order valence-electron chi connectivity index (χ2n) is 7.94. The average Bonchev–Trinajstić information content (AvgIpc) is 2.83. The zero-order valence-electron chi connectivity index (χ0n) is 19.5. The third-order valence-corrected chi connectivity index (χ3v) is 6.42. The van der Waals surface area contributed by atoms with Crippen LogP contribution in [0.2, 0.25) is 5.02 Å². The normalized spacial score (nSPS) is 14.7. The van der Waals surface area contributed by atoms with Crippen molar-refractivity contribution in [1.29, 1.82) is 0 Å². The lowest BCUT2D eigenvalue weighted by Gasteiger charge is -2.26. The number of carbonyl (C=O) groups is 3. The van der Waals surface area contributed by atoms with E-state index in [9.17, 15) is 14.4 Å². The topological polar surface area (TPSA) is 84.9 Å². The van der Waals surface area contributed by atoms with E-state index >= 15 is 0 Å². The summed E-state index contributed by atoms with van der Waals surface area (Å²) in [6.45, 7) is 4.30. The van der Waals surface area contributed by atoms with E-state index in [-0.39, 0.29) is 17.2 Å². The number of rotatable bonds is 7. The fraction of sp³-hybridized carbons (Fsp3) is 0.148. The quantitative estimate of drug-likeness (QED) is 0.276. The molecule has 1 saturated heterocycles. The van der Waals surface area contributed by atoms with Crippen molar-refractivity contribution >= 4 is 57.1 Å². The van der Waals surface area contributed by atoms with Crippen molar-refractivity contribution in [1.82, 2.24) is 5.32 Å². The average molecular weight is 570 g/mol. The van der Waals surface area contributed by atoms with E-state index in [2.05, 4.69) is 21.2 Å². The molecule has 0 aliphatic carbocycles. The number of halogens is 2. The third-order valence-electron chi connectivity index (χ3n) is 5.37. The zero-order valence-corrected chi connectivity index (χ0v) is 21.9. The highest BCUT2D eigenvalue weighted by atomic mass is 79.9. The number of amides is 4. The van der Waals surface area contributed by atoms with Crippen LogP contribution in [0.4, 0.5) is 10.5 Å². The van der Waals surface area contributed by atoms with Crippen LogP contribution in [-0.4, -0.2) is 24.5 Å². The highest BCUT2D eigenvalue weighted by molar-refractivity contribution is 9.10. The maximum absolute atomic E-state index is 13.2. The van der Waals surface area contributed by atoms with Gasteiger partial charge in [0.25, 0.3) is 11.8 Å². The lowest BCUT2D eigenvalue weighted by atomic mass is 10.1. The molecule has 4 amide bonds. The molecule has 3 aromatic carbocycles. The number of urea groups is 1. The molecule has 36 heavy (non-hydrogen) atoms. The van der Waals surface area contributed by atoms with Gasteiger partial charge >= 0.3 is 6.03 Å². The van der Waals surface area contributed by atoms with Gasteiger partial charge < -0.3 is 9.47 Å². The first-order chi connectivity index (χ1) is 17.3. The molecule has 3 aromatic rings. The number of aryl methyl sites for hydroxylation is 1. The molecular formula is C27H22BrClN2O5. The number of hydrogen-bond donors (Lipinski definition) is 1. The number of carbonyl (C=O) groups excluding carboxylic acids is 3. The summed E-state index contributed by atoms with van der Waals surface area (Å²) in [6, 6.07) is 16.9. The summed E-state index contributed by atoms with van der Waals surface area (Å²) >= 11 is 10.0. The van der Waals surface area contributed by atoms with Gasteiger partial charge in [-0.2, -0.15) is 0 Å².